The molecule has 3 aliphatic rings. The predicted octanol–water partition coefficient (Wildman–Crippen LogP) is 2.23. The molecule has 1 N–H and O–H groups in total. The molecule has 4 rings (SSSR count). The number of likely N-dealkylation sites (tertiary alicyclic amines) is 1. The highest BCUT2D eigenvalue weighted by atomic mass is 16.5. The summed E-state index contributed by atoms with van der Waals surface area (Å²) < 4.78 is 5.13. The summed E-state index contributed by atoms with van der Waals surface area (Å²) >= 11 is 0. The molecule has 5 heteroatoms. The zero-order chi connectivity index (χ0) is 17.7. The van der Waals surface area contributed by atoms with Gasteiger partial charge in [0, 0.05) is 31.5 Å². The SMILES string of the molecule is COCC1(C(=O)O)CCN(C(=O)C2CC23CCCc2ccccc23)C1. The molecule has 0 bridgehead atoms. The van der Waals surface area contributed by atoms with Crippen molar-refractivity contribution in [2.75, 3.05) is 26.8 Å². The van der Waals surface area contributed by atoms with E-state index in [0.29, 0.717) is 13.0 Å². The van der Waals surface area contributed by atoms with Crippen LogP contribution in [-0.2, 0) is 26.2 Å². The molecule has 1 aliphatic heterocycles. The van der Waals surface area contributed by atoms with Crippen LogP contribution in [0.1, 0.15) is 36.8 Å². The highest BCUT2D eigenvalue weighted by molar-refractivity contribution is 5.86. The number of fused-ring (bicyclic) bond motifs is 2. The number of hydrogen-bond donors (Lipinski definition) is 1. The fraction of sp³-hybridized carbons (Fsp3) is 0.600. The molecule has 2 fully saturated rings. The van der Waals surface area contributed by atoms with Gasteiger partial charge in [0.2, 0.25) is 5.91 Å². The molecule has 3 unspecified atom stereocenters. The Bertz CT molecular complexity index is 717. The minimum absolute atomic E-state index is 0.00164. The van der Waals surface area contributed by atoms with Gasteiger partial charge < -0.3 is 14.7 Å². The van der Waals surface area contributed by atoms with Crippen molar-refractivity contribution in [2.45, 2.75) is 37.5 Å². The number of carbonyl (C=O) groups is 2. The van der Waals surface area contributed by atoms with E-state index in [0.717, 1.165) is 25.7 Å². The summed E-state index contributed by atoms with van der Waals surface area (Å²) in [5.41, 5.74) is 1.78. The van der Waals surface area contributed by atoms with Crippen molar-refractivity contribution < 1.29 is 19.4 Å². The first kappa shape index (κ1) is 16.6. The second-order valence-electron chi connectivity index (χ2n) is 7.95. The van der Waals surface area contributed by atoms with E-state index in [-0.39, 0.29) is 30.4 Å². The smallest absolute Gasteiger partial charge is 0.313 e. The van der Waals surface area contributed by atoms with Crippen molar-refractivity contribution in [3.63, 3.8) is 0 Å². The summed E-state index contributed by atoms with van der Waals surface area (Å²) in [6.45, 7) is 0.941. The van der Waals surface area contributed by atoms with Crippen LogP contribution in [0, 0.1) is 11.3 Å². The van der Waals surface area contributed by atoms with Gasteiger partial charge >= 0.3 is 5.97 Å². The maximum Gasteiger partial charge on any atom is 0.313 e. The zero-order valence-corrected chi connectivity index (χ0v) is 14.7. The number of ether oxygens (including phenoxy) is 1. The highest BCUT2D eigenvalue weighted by Crippen LogP contribution is 2.61. The number of aliphatic carboxylic acids is 1. The molecule has 0 radical (unpaired) electrons. The van der Waals surface area contributed by atoms with Gasteiger partial charge in [-0.3, -0.25) is 9.59 Å². The van der Waals surface area contributed by atoms with Gasteiger partial charge in [-0.1, -0.05) is 24.3 Å². The van der Waals surface area contributed by atoms with Crippen LogP contribution in [0.5, 0.6) is 0 Å². The molecular weight excluding hydrogens is 318 g/mol. The van der Waals surface area contributed by atoms with E-state index in [1.54, 1.807) is 4.90 Å². The van der Waals surface area contributed by atoms with Crippen molar-refractivity contribution in [3.05, 3.63) is 35.4 Å². The third-order valence-corrected chi connectivity index (χ3v) is 6.54. The number of nitrogens with zero attached hydrogens (tertiary/aromatic N) is 1. The highest BCUT2D eigenvalue weighted by Gasteiger charge is 2.62. The van der Waals surface area contributed by atoms with E-state index in [4.69, 9.17) is 4.74 Å². The maximum atomic E-state index is 13.1. The first-order chi connectivity index (χ1) is 12.0. The van der Waals surface area contributed by atoms with Crippen LogP contribution in [0.3, 0.4) is 0 Å². The van der Waals surface area contributed by atoms with Crippen LogP contribution < -0.4 is 0 Å². The Balaban J connectivity index is 1.52. The number of hydrogen-bond acceptors (Lipinski definition) is 3. The molecule has 1 saturated heterocycles. The summed E-state index contributed by atoms with van der Waals surface area (Å²) in [6.07, 6.45) is 4.67. The molecule has 0 aromatic heterocycles. The summed E-state index contributed by atoms with van der Waals surface area (Å²) in [6, 6.07) is 8.50. The summed E-state index contributed by atoms with van der Waals surface area (Å²) in [4.78, 5) is 26.6. The molecule has 1 aromatic carbocycles. The van der Waals surface area contributed by atoms with Crippen LogP contribution >= 0.6 is 0 Å². The third kappa shape index (κ3) is 2.48. The van der Waals surface area contributed by atoms with E-state index >= 15 is 0 Å². The van der Waals surface area contributed by atoms with Crippen molar-refractivity contribution in [2.24, 2.45) is 11.3 Å². The quantitative estimate of drug-likeness (QED) is 0.910. The number of amides is 1. The molecule has 1 spiro atoms. The van der Waals surface area contributed by atoms with Gasteiger partial charge in [0.15, 0.2) is 0 Å². The zero-order valence-electron chi connectivity index (χ0n) is 14.7. The van der Waals surface area contributed by atoms with E-state index in [2.05, 4.69) is 24.3 Å². The summed E-state index contributed by atoms with van der Waals surface area (Å²) in [5.74, 6) is -0.713. The number of benzene rings is 1. The number of carboxylic acids is 1. The van der Waals surface area contributed by atoms with E-state index in [1.807, 2.05) is 0 Å². The second kappa shape index (κ2) is 5.84. The summed E-state index contributed by atoms with van der Waals surface area (Å²) in [7, 11) is 1.52. The third-order valence-electron chi connectivity index (χ3n) is 6.54. The van der Waals surface area contributed by atoms with Crippen LogP contribution in [0.15, 0.2) is 24.3 Å². The molecule has 1 amide bonds. The van der Waals surface area contributed by atoms with Gasteiger partial charge in [-0.05, 0) is 43.2 Å². The van der Waals surface area contributed by atoms with E-state index in [9.17, 15) is 14.7 Å². The molecule has 1 saturated carbocycles. The molecule has 3 atom stereocenters. The van der Waals surface area contributed by atoms with Gasteiger partial charge in [0.25, 0.3) is 0 Å². The average molecular weight is 343 g/mol. The van der Waals surface area contributed by atoms with Crippen LogP contribution in [-0.4, -0.2) is 48.7 Å². The Labute approximate surface area is 148 Å². The van der Waals surface area contributed by atoms with Gasteiger partial charge in [0.1, 0.15) is 5.41 Å². The van der Waals surface area contributed by atoms with E-state index < -0.39 is 11.4 Å². The molecule has 25 heavy (non-hydrogen) atoms. The van der Waals surface area contributed by atoms with Crippen LogP contribution in [0.4, 0.5) is 0 Å². The summed E-state index contributed by atoms with van der Waals surface area (Å²) in [5, 5.41) is 9.60. The van der Waals surface area contributed by atoms with Crippen molar-refractivity contribution in [3.8, 4) is 0 Å². The first-order valence-electron chi connectivity index (χ1n) is 9.12. The molecule has 2 aliphatic carbocycles. The lowest BCUT2D eigenvalue weighted by Gasteiger charge is -2.28. The van der Waals surface area contributed by atoms with Gasteiger partial charge in [0.05, 0.1) is 6.61 Å². The number of aryl methyl sites for hydroxylation is 1. The molecule has 5 nitrogen and oxygen atoms in total. The fourth-order valence-corrected chi connectivity index (χ4v) is 5.07. The van der Waals surface area contributed by atoms with Crippen molar-refractivity contribution >= 4 is 11.9 Å². The predicted molar refractivity (Wildman–Crippen MR) is 92.3 cm³/mol. The van der Waals surface area contributed by atoms with Crippen molar-refractivity contribution in [1.29, 1.82) is 0 Å². The second-order valence-corrected chi connectivity index (χ2v) is 7.95. The van der Waals surface area contributed by atoms with E-state index in [1.165, 1.54) is 18.2 Å². The lowest BCUT2D eigenvalue weighted by atomic mass is 9.78. The van der Waals surface area contributed by atoms with Crippen LogP contribution in [0.25, 0.3) is 0 Å². The number of rotatable bonds is 4. The minimum Gasteiger partial charge on any atom is -0.481 e. The standard InChI is InChI=1S/C20H25NO4/c1-25-13-19(18(23)24)9-10-21(12-19)17(22)16-11-20(16)8-4-6-14-5-2-3-7-15(14)20/h2-3,5,7,16H,4,6,8-13H2,1H3,(H,23,24). The Kier molecular flexibility index (Phi) is 3.87. The molecule has 1 heterocycles. The minimum atomic E-state index is -0.947. The van der Waals surface area contributed by atoms with Gasteiger partial charge in [-0.15, -0.1) is 0 Å². The average Bonchev–Trinajstić information content (AvgIpc) is 3.14. The number of carboxylic acid groups (broad SMARTS) is 1. The molecular formula is C20H25NO4. The lowest BCUT2D eigenvalue weighted by molar-refractivity contribution is -0.151. The van der Waals surface area contributed by atoms with Crippen LogP contribution in [0.2, 0.25) is 0 Å². The normalized spacial score (nSPS) is 33.3. The first-order valence-corrected chi connectivity index (χ1v) is 9.12. The van der Waals surface area contributed by atoms with Gasteiger partial charge in [-0.2, -0.15) is 0 Å². The van der Waals surface area contributed by atoms with Crippen molar-refractivity contribution in [1.82, 2.24) is 4.90 Å². The Morgan fingerprint density at radius 2 is 2.12 bits per heavy atom. The molecule has 134 valence electrons. The largest absolute Gasteiger partial charge is 0.481 e. The maximum absolute atomic E-state index is 13.1. The monoisotopic (exact) mass is 343 g/mol. The number of methoxy groups -OCH3 is 1. The Hall–Kier alpha value is -1.88. The number of carbonyl (C=O) groups excluding carboxylic acids is 1. The topological polar surface area (TPSA) is 66.8 Å². The van der Waals surface area contributed by atoms with Gasteiger partial charge in [-0.25, -0.2) is 0 Å². The Morgan fingerprint density at radius 3 is 2.88 bits per heavy atom. The fourth-order valence-electron chi connectivity index (χ4n) is 5.07. The lowest BCUT2D eigenvalue weighted by Crippen LogP contribution is -2.41. The molecule has 1 aromatic rings. The Morgan fingerprint density at radius 1 is 1.32 bits per heavy atom.